The Labute approximate surface area is 149 Å². The van der Waals surface area contributed by atoms with Crippen molar-refractivity contribution in [1.29, 1.82) is 0 Å². The number of benzene rings is 1. The zero-order chi connectivity index (χ0) is 20.0. The lowest BCUT2D eigenvalue weighted by Crippen LogP contribution is -2.36. The van der Waals surface area contributed by atoms with Gasteiger partial charge in [-0.05, 0) is 24.3 Å². The predicted octanol–water partition coefficient (Wildman–Crippen LogP) is 1.55. The van der Waals surface area contributed by atoms with Crippen molar-refractivity contribution in [3.05, 3.63) is 29.8 Å². The molecule has 0 radical (unpaired) electrons. The minimum Gasteiger partial charge on any atom is -0.452 e. The van der Waals surface area contributed by atoms with Crippen molar-refractivity contribution >= 4 is 21.9 Å². The van der Waals surface area contributed by atoms with Crippen LogP contribution >= 0.6 is 0 Å². The normalized spacial score (nSPS) is 12.1. The lowest BCUT2D eigenvalue weighted by Gasteiger charge is -2.18. The molecule has 0 saturated carbocycles. The third-order valence-corrected chi connectivity index (χ3v) is 5.32. The molecule has 0 saturated heterocycles. The summed E-state index contributed by atoms with van der Waals surface area (Å²) in [5.41, 5.74) is -0.0351. The summed E-state index contributed by atoms with van der Waals surface area (Å²) in [6.45, 7) is 1.55. The molecule has 7 nitrogen and oxygen atoms in total. The van der Waals surface area contributed by atoms with Gasteiger partial charge in [-0.2, -0.15) is 17.5 Å². The second-order valence-electron chi connectivity index (χ2n) is 5.08. The van der Waals surface area contributed by atoms with Gasteiger partial charge in [0.25, 0.3) is 5.91 Å². The van der Waals surface area contributed by atoms with Crippen LogP contribution in [0.3, 0.4) is 0 Å². The minimum absolute atomic E-state index is 0.0133. The van der Waals surface area contributed by atoms with Crippen LogP contribution in [0.15, 0.2) is 29.2 Å². The number of carbonyl (C=O) groups excluding carboxylic acids is 2. The number of hydrogen-bond donors (Lipinski definition) is 1. The van der Waals surface area contributed by atoms with Crippen molar-refractivity contribution in [3.63, 3.8) is 0 Å². The van der Waals surface area contributed by atoms with Crippen molar-refractivity contribution in [2.45, 2.75) is 24.9 Å². The highest BCUT2D eigenvalue weighted by molar-refractivity contribution is 7.89. The zero-order valence-electron chi connectivity index (χ0n) is 14.2. The largest absolute Gasteiger partial charge is 0.452 e. The lowest BCUT2D eigenvalue weighted by atomic mass is 10.2. The van der Waals surface area contributed by atoms with Gasteiger partial charge in [0, 0.05) is 13.1 Å². The maximum absolute atomic E-state index is 12.3. The van der Waals surface area contributed by atoms with Crippen LogP contribution in [0.4, 0.5) is 13.2 Å². The Hall–Kier alpha value is -2.14. The molecule has 1 N–H and O–H groups in total. The fourth-order valence-electron chi connectivity index (χ4n) is 1.94. The van der Waals surface area contributed by atoms with Gasteiger partial charge in [-0.1, -0.05) is 13.8 Å². The van der Waals surface area contributed by atoms with Crippen LogP contribution in [0, 0.1) is 0 Å². The number of halogens is 3. The van der Waals surface area contributed by atoms with Gasteiger partial charge in [0.1, 0.15) is 6.54 Å². The van der Waals surface area contributed by atoms with Gasteiger partial charge in [-0.25, -0.2) is 13.2 Å². The van der Waals surface area contributed by atoms with Gasteiger partial charge in [-0.3, -0.25) is 4.79 Å². The SMILES string of the molecule is CCN(CC)S(=O)(=O)c1ccc(C(=O)OCC(=O)NCC(F)(F)F)cc1. The quantitative estimate of drug-likeness (QED) is 0.673. The van der Waals surface area contributed by atoms with Gasteiger partial charge < -0.3 is 10.1 Å². The smallest absolute Gasteiger partial charge is 0.405 e. The highest BCUT2D eigenvalue weighted by Crippen LogP contribution is 2.16. The zero-order valence-corrected chi connectivity index (χ0v) is 15.0. The van der Waals surface area contributed by atoms with Crippen LogP contribution in [0.1, 0.15) is 24.2 Å². The van der Waals surface area contributed by atoms with Crippen molar-refractivity contribution in [3.8, 4) is 0 Å². The van der Waals surface area contributed by atoms with Crippen molar-refractivity contribution in [2.24, 2.45) is 0 Å². The molecule has 0 atom stereocenters. The molecule has 11 heteroatoms. The number of sulfonamides is 1. The molecule has 0 spiro atoms. The molecule has 0 aliphatic rings. The first-order valence-electron chi connectivity index (χ1n) is 7.62. The highest BCUT2D eigenvalue weighted by Gasteiger charge is 2.28. The number of esters is 1. The summed E-state index contributed by atoms with van der Waals surface area (Å²) in [5, 5.41) is 1.56. The number of carbonyl (C=O) groups is 2. The Bertz CT molecular complexity index is 729. The maximum Gasteiger partial charge on any atom is 0.405 e. The summed E-state index contributed by atoms with van der Waals surface area (Å²) in [5.74, 6) is -2.06. The first kappa shape index (κ1) is 21.9. The van der Waals surface area contributed by atoms with Gasteiger partial charge in [0.2, 0.25) is 10.0 Å². The summed E-state index contributed by atoms with van der Waals surface area (Å²) < 4.78 is 66.3. The van der Waals surface area contributed by atoms with E-state index in [1.54, 1.807) is 19.2 Å². The molecule has 0 bridgehead atoms. The molecule has 1 aromatic carbocycles. The minimum atomic E-state index is -4.56. The molecule has 1 rings (SSSR count). The van der Waals surface area contributed by atoms with Crippen LogP contribution in [0.5, 0.6) is 0 Å². The van der Waals surface area contributed by atoms with E-state index < -0.39 is 41.2 Å². The summed E-state index contributed by atoms with van der Waals surface area (Å²) >= 11 is 0. The fraction of sp³-hybridized carbons (Fsp3) is 0.467. The van der Waals surface area contributed by atoms with E-state index >= 15 is 0 Å². The van der Waals surface area contributed by atoms with E-state index in [0.717, 1.165) is 0 Å². The summed E-state index contributed by atoms with van der Waals surface area (Å²) in [7, 11) is -3.68. The second kappa shape index (κ2) is 8.99. The third kappa shape index (κ3) is 6.30. The Morgan fingerprint density at radius 1 is 1.12 bits per heavy atom. The topological polar surface area (TPSA) is 92.8 Å². The summed E-state index contributed by atoms with van der Waals surface area (Å²) in [4.78, 5) is 22.9. The monoisotopic (exact) mass is 396 g/mol. The molecule has 0 heterocycles. The average Bonchev–Trinajstić information content (AvgIpc) is 2.58. The molecule has 0 aliphatic heterocycles. The number of alkyl halides is 3. The fourth-order valence-corrected chi connectivity index (χ4v) is 3.40. The van der Waals surface area contributed by atoms with E-state index in [2.05, 4.69) is 4.74 Å². The molecule has 1 amide bonds. The van der Waals surface area contributed by atoms with E-state index in [-0.39, 0.29) is 23.5 Å². The van der Waals surface area contributed by atoms with E-state index in [1.165, 1.54) is 28.6 Å². The molecule has 146 valence electrons. The van der Waals surface area contributed by atoms with Crippen LogP contribution in [0.2, 0.25) is 0 Å². The van der Waals surface area contributed by atoms with Crippen molar-refractivity contribution in [2.75, 3.05) is 26.2 Å². The van der Waals surface area contributed by atoms with Crippen LogP contribution in [0.25, 0.3) is 0 Å². The lowest BCUT2D eigenvalue weighted by molar-refractivity contribution is -0.140. The molecular weight excluding hydrogens is 377 g/mol. The highest BCUT2D eigenvalue weighted by atomic mass is 32.2. The van der Waals surface area contributed by atoms with Crippen LogP contribution in [-0.4, -0.2) is 57.0 Å². The molecule has 0 fully saturated rings. The second-order valence-corrected chi connectivity index (χ2v) is 7.02. The molecule has 0 unspecified atom stereocenters. The molecular formula is C15H19F3N2O5S. The molecule has 1 aromatic rings. The first-order chi connectivity index (χ1) is 12.0. The number of ether oxygens (including phenoxy) is 1. The first-order valence-corrected chi connectivity index (χ1v) is 9.06. The van der Waals surface area contributed by atoms with Crippen molar-refractivity contribution in [1.82, 2.24) is 9.62 Å². The summed E-state index contributed by atoms with van der Waals surface area (Å²) in [6, 6.07) is 4.83. The average molecular weight is 396 g/mol. The number of amides is 1. The summed E-state index contributed by atoms with van der Waals surface area (Å²) in [6.07, 6.45) is -4.56. The number of nitrogens with one attached hydrogen (secondary N) is 1. The van der Waals surface area contributed by atoms with Gasteiger partial charge in [0.15, 0.2) is 6.61 Å². The maximum atomic E-state index is 12.3. The Morgan fingerprint density at radius 3 is 2.12 bits per heavy atom. The van der Waals surface area contributed by atoms with E-state index in [9.17, 15) is 31.2 Å². The van der Waals surface area contributed by atoms with Crippen LogP contribution < -0.4 is 5.32 Å². The number of nitrogens with zero attached hydrogens (tertiary/aromatic N) is 1. The number of rotatable bonds is 8. The molecule has 0 aromatic heterocycles. The van der Waals surface area contributed by atoms with Gasteiger partial charge in [0.05, 0.1) is 10.5 Å². The third-order valence-electron chi connectivity index (χ3n) is 3.25. The Morgan fingerprint density at radius 2 is 1.65 bits per heavy atom. The molecule has 0 aliphatic carbocycles. The predicted molar refractivity (Wildman–Crippen MR) is 85.9 cm³/mol. The Balaban J connectivity index is 2.68. The van der Waals surface area contributed by atoms with Gasteiger partial charge in [-0.15, -0.1) is 0 Å². The van der Waals surface area contributed by atoms with E-state index in [4.69, 9.17) is 0 Å². The van der Waals surface area contributed by atoms with E-state index in [0.29, 0.717) is 0 Å². The number of hydrogen-bond acceptors (Lipinski definition) is 5. The Kier molecular flexibility index (Phi) is 7.57. The van der Waals surface area contributed by atoms with Gasteiger partial charge >= 0.3 is 12.1 Å². The van der Waals surface area contributed by atoms with Crippen LogP contribution in [-0.2, 0) is 19.6 Å². The standard InChI is InChI=1S/C15H19F3N2O5S/c1-3-20(4-2)26(23,24)12-7-5-11(6-8-12)14(22)25-9-13(21)19-10-15(16,17)18/h5-8H,3-4,9-10H2,1-2H3,(H,19,21). The van der Waals surface area contributed by atoms with E-state index in [1.807, 2.05) is 0 Å². The molecule has 26 heavy (non-hydrogen) atoms. The van der Waals surface area contributed by atoms with Crippen molar-refractivity contribution < 1.29 is 35.9 Å².